The number of carbonyl (C=O) groups excluding carboxylic acids is 2. The number of nitrogens with zero attached hydrogens (tertiary/aromatic N) is 2. The molecule has 0 aromatic heterocycles. The van der Waals surface area contributed by atoms with Crippen LogP contribution in [0.3, 0.4) is 0 Å². The third-order valence-electron chi connectivity index (χ3n) is 2.62. The van der Waals surface area contributed by atoms with E-state index >= 15 is 0 Å². The van der Waals surface area contributed by atoms with E-state index in [9.17, 15) is 19.7 Å². The first-order chi connectivity index (χ1) is 9.99. The van der Waals surface area contributed by atoms with Crippen LogP contribution < -0.4 is 10.9 Å². The third kappa shape index (κ3) is 3.74. The molecule has 2 N–H and O–H groups in total. The van der Waals surface area contributed by atoms with Crippen LogP contribution in [0, 0.1) is 10.1 Å². The number of thiocarbonyl (C=S) groups is 1. The van der Waals surface area contributed by atoms with Crippen LogP contribution >= 0.6 is 24.0 Å². The van der Waals surface area contributed by atoms with Gasteiger partial charge in [0.25, 0.3) is 11.6 Å². The number of non-ortho nitro benzene ring substituents is 1. The van der Waals surface area contributed by atoms with Crippen LogP contribution in [0.5, 0.6) is 0 Å². The van der Waals surface area contributed by atoms with Gasteiger partial charge in [0.1, 0.15) is 4.32 Å². The first kappa shape index (κ1) is 15.4. The maximum absolute atomic E-state index is 11.8. The topological polar surface area (TPSA) is 105 Å². The fraction of sp³-hybridized carbons (Fsp3) is 0.182. The average Bonchev–Trinajstić information content (AvgIpc) is 2.79. The van der Waals surface area contributed by atoms with Gasteiger partial charge in [0.05, 0.1) is 17.3 Å². The molecule has 0 unspecified atom stereocenters. The molecule has 0 atom stereocenters. The van der Waals surface area contributed by atoms with Crippen molar-refractivity contribution in [2.24, 2.45) is 0 Å². The van der Waals surface area contributed by atoms with Crippen molar-refractivity contribution in [1.29, 1.82) is 0 Å². The maximum Gasteiger partial charge on any atom is 0.269 e. The smallest absolute Gasteiger partial charge is 0.269 e. The number of nitrogens with one attached hydrogen (secondary N) is 2. The van der Waals surface area contributed by atoms with Gasteiger partial charge >= 0.3 is 0 Å². The van der Waals surface area contributed by atoms with Crippen LogP contribution in [0.2, 0.25) is 0 Å². The van der Waals surface area contributed by atoms with Gasteiger partial charge in [-0.1, -0.05) is 24.0 Å². The summed E-state index contributed by atoms with van der Waals surface area (Å²) >= 11 is 6.24. The number of amides is 2. The van der Waals surface area contributed by atoms with Crippen molar-refractivity contribution in [2.75, 3.05) is 12.4 Å². The highest BCUT2D eigenvalue weighted by Gasteiger charge is 2.26. The largest absolute Gasteiger partial charge is 0.286 e. The van der Waals surface area contributed by atoms with Gasteiger partial charge in [0.2, 0.25) is 5.91 Å². The van der Waals surface area contributed by atoms with Crippen LogP contribution in [-0.4, -0.2) is 38.4 Å². The van der Waals surface area contributed by atoms with E-state index in [1.54, 1.807) is 0 Å². The van der Waals surface area contributed by atoms with E-state index in [4.69, 9.17) is 12.2 Å². The van der Waals surface area contributed by atoms with Crippen molar-refractivity contribution >= 4 is 45.8 Å². The van der Waals surface area contributed by atoms with Gasteiger partial charge in [0, 0.05) is 17.7 Å². The van der Waals surface area contributed by atoms with Crippen molar-refractivity contribution in [3.63, 3.8) is 0 Å². The van der Waals surface area contributed by atoms with Gasteiger partial charge in [0.15, 0.2) is 0 Å². The minimum absolute atomic E-state index is 0.0728. The zero-order valence-corrected chi connectivity index (χ0v) is 12.2. The lowest BCUT2D eigenvalue weighted by Gasteiger charge is -2.16. The second-order valence-electron chi connectivity index (χ2n) is 3.97. The summed E-state index contributed by atoms with van der Waals surface area (Å²) in [4.78, 5) is 34.5. The van der Waals surface area contributed by atoms with Crippen molar-refractivity contribution in [3.8, 4) is 0 Å². The Kier molecular flexibility index (Phi) is 4.83. The number of thioether (sulfide) groups is 1. The lowest BCUT2D eigenvalue weighted by molar-refractivity contribution is -0.384. The molecule has 8 nitrogen and oxygen atoms in total. The van der Waals surface area contributed by atoms with Crippen LogP contribution in [0.4, 0.5) is 5.69 Å². The molecule has 0 bridgehead atoms. The van der Waals surface area contributed by atoms with Crippen LogP contribution in [-0.2, 0) is 4.79 Å². The highest BCUT2D eigenvalue weighted by molar-refractivity contribution is 8.23. The van der Waals surface area contributed by atoms with Crippen molar-refractivity contribution in [1.82, 2.24) is 15.8 Å². The Morgan fingerprint density at radius 1 is 1.43 bits per heavy atom. The van der Waals surface area contributed by atoms with E-state index in [1.807, 2.05) is 0 Å². The normalized spacial score (nSPS) is 14.4. The molecule has 0 radical (unpaired) electrons. The Morgan fingerprint density at radius 2 is 2.10 bits per heavy atom. The zero-order valence-electron chi connectivity index (χ0n) is 10.6. The Hall–Kier alpha value is -2.04. The first-order valence-corrected chi connectivity index (χ1v) is 7.13. The first-order valence-electron chi connectivity index (χ1n) is 5.74. The highest BCUT2D eigenvalue weighted by atomic mass is 32.2. The summed E-state index contributed by atoms with van der Waals surface area (Å²) < 4.78 is 0.456. The van der Waals surface area contributed by atoms with Crippen LogP contribution in [0.15, 0.2) is 24.3 Å². The predicted octanol–water partition coefficient (Wildman–Crippen LogP) is 0.647. The Bertz CT molecular complexity index is 589. The van der Waals surface area contributed by atoms with E-state index in [2.05, 4.69) is 10.9 Å². The molecule has 1 aromatic carbocycles. The van der Waals surface area contributed by atoms with E-state index in [1.165, 1.54) is 40.9 Å². The number of rotatable bonds is 5. The molecular weight excluding hydrogens is 316 g/mol. The average molecular weight is 326 g/mol. The van der Waals surface area contributed by atoms with Gasteiger partial charge in [-0.15, -0.1) is 0 Å². The quantitative estimate of drug-likeness (QED) is 0.465. The van der Waals surface area contributed by atoms with Crippen LogP contribution in [0.25, 0.3) is 0 Å². The molecular formula is C11H10N4O4S2. The van der Waals surface area contributed by atoms with Gasteiger partial charge in [-0.2, -0.15) is 0 Å². The Balaban J connectivity index is 1.85. The van der Waals surface area contributed by atoms with E-state index in [-0.39, 0.29) is 23.8 Å². The third-order valence-corrected chi connectivity index (χ3v) is 4.05. The summed E-state index contributed by atoms with van der Waals surface area (Å²) in [6, 6.07) is 5.17. The highest BCUT2D eigenvalue weighted by Crippen LogP contribution is 2.17. The summed E-state index contributed by atoms with van der Waals surface area (Å²) in [5.41, 5.74) is 5.16. The summed E-state index contributed by atoms with van der Waals surface area (Å²) in [7, 11) is 0. The molecule has 2 amide bonds. The molecule has 0 aliphatic carbocycles. The molecule has 1 aliphatic heterocycles. The lowest BCUT2D eigenvalue weighted by atomic mass is 10.2. The summed E-state index contributed by atoms with van der Waals surface area (Å²) in [5, 5.41) is 10.5. The monoisotopic (exact) mass is 326 g/mol. The fourth-order valence-corrected chi connectivity index (χ4v) is 2.61. The molecule has 0 saturated carbocycles. The van der Waals surface area contributed by atoms with E-state index in [0.29, 0.717) is 10.1 Å². The molecule has 1 aromatic rings. The van der Waals surface area contributed by atoms with E-state index in [0.717, 1.165) is 0 Å². The van der Waals surface area contributed by atoms with Crippen molar-refractivity contribution < 1.29 is 14.5 Å². The number of nitro benzene ring substituents is 1. The van der Waals surface area contributed by atoms with Gasteiger partial charge in [-0.3, -0.25) is 30.0 Å². The summed E-state index contributed by atoms with van der Waals surface area (Å²) in [5.74, 6) is -0.284. The second kappa shape index (κ2) is 6.61. The van der Waals surface area contributed by atoms with Gasteiger partial charge < -0.3 is 0 Å². The Labute approximate surface area is 129 Å². The number of nitro groups is 1. The standard InChI is InChI=1S/C11H10N4O4S2/c16-9-5-21-11(20)14(9)6-12-13-10(17)7-1-3-8(4-2-7)15(18)19/h1-4,12H,5-6H2,(H,13,17). The molecule has 10 heteroatoms. The lowest BCUT2D eigenvalue weighted by Crippen LogP contribution is -2.46. The molecule has 0 spiro atoms. The van der Waals surface area contributed by atoms with Gasteiger partial charge in [-0.05, 0) is 12.1 Å². The maximum atomic E-state index is 11.8. The molecule has 1 aliphatic rings. The summed E-state index contributed by atoms with van der Waals surface area (Å²) in [6.45, 7) is 0.0728. The minimum Gasteiger partial charge on any atom is -0.286 e. The molecule has 110 valence electrons. The Morgan fingerprint density at radius 3 is 2.62 bits per heavy atom. The summed E-state index contributed by atoms with van der Waals surface area (Å²) in [6.07, 6.45) is 0. The molecule has 21 heavy (non-hydrogen) atoms. The number of hydrazine groups is 1. The molecule has 1 fully saturated rings. The molecule has 1 heterocycles. The SMILES string of the molecule is O=C(NNCN1C(=O)CSC1=S)c1ccc([N+](=O)[O-])cc1. The molecule has 2 rings (SSSR count). The van der Waals surface area contributed by atoms with Crippen molar-refractivity contribution in [2.45, 2.75) is 0 Å². The number of benzene rings is 1. The number of hydrogen-bond acceptors (Lipinski definition) is 7. The van der Waals surface area contributed by atoms with Gasteiger partial charge in [-0.25, -0.2) is 5.43 Å². The van der Waals surface area contributed by atoms with Crippen LogP contribution in [0.1, 0.15) is 10.4 Å². The number of hydrogen-bond donors (Lipinski definition) is 2. The zero-order chi connectivity index (χ0) is 15.4. The second-order valence-corrected chi connectivity index (χ2v) is 5.58. The minimum atomic E-state index is -0.544. The molecule has 1 saturated heterocycles. The fourth-order valence-electron chi connectivity index (χ4n) is 1.54. The van der Waals surface area contributed by atoms with Crippen molar-refractivity contribution in [3.05, 3.63) is 39.9 Å². The predicted molar refractivity (Wildman–Crippen MR) is 80.5 cm³/mol. The van der Waals surface area contributed by atoms with E-state index < -0.39 is 10.8 Å². The number of carbonyl (C=O) groups is 2.